The van der Waals surface area contributed by atoms with Crippen LogP contribution in [0.4, 0.5) is 5.69 Å². The number of anilines is 1. The Morgan fingerprint density at radius 1 is 1.50 bits per heavy atom. The summed E-state index contributed by atoms with van der Waals surface area (Å²) in [5, 5.41) is 8.79. The first kappa shape index (κ1) is 9.03. The van der Waals surface area contributed by atoms with Crippen molar-refractivity contribution in [1.29, 1.82) is 0 Å². The Morgan fingerprint density at radius 2 is 2.17 bits per heavy atom. The number of nitrogen functional groups attached to an aromatic ring is 1. The topological polar surface area (TPSA) is 72.3 Å². The largest absolute Gasteiger partial charge is 0.399 e. The quantitative estimate of drug-likeness (QED) is 0.562. The minimum atomic E-state index is -0.302. The second-order valence-electron chi connectivity index (χ2n) is 2.91. The summed E-state index contributed by atoms with van der Waals surface area (Å²) in [4.78, 5) is 0. The van der Waals surface area contributed by atoms with Gasteiger partial charge in [0.05, 0.1) is 12.6 Å². The van der Waals surface area contributed by atoms with E-state index >= 15 is 0 Å². The fourth-order valence-corrected chi connectivity index (χ4v) is 1.03. The number of nitrogens with two attached hydrogens (primary N) is 2. The molecule has 3 heteroatoms. The van der Waals surface area contributed by atoms with Crippen molar-refractivity contribution in [3.8, 4) is 0 Å². The SMILES string of the molecule is Cc1cc([C@@H](N)CO)ccc1N. The summed E-state index contributed by atoms with van der Waals surface area (Å²) in [7, 11) is 0. The van der Waals surface area contributed by atoms with Crippen LogP contribution in [-0.4, -0.2) is 11.7 Å². The Labute approximate surface area is 72.0 Å². The molecular formula is C9H14N2O. The van der Waals surface area contributed by atoms with Crippen LogP contribution in [0.5, 0.6) is 0 Å². The van der Waals surface area contributed by atoms with Crippen molar-refractivity contribution < 1.29 is 5.11 Å². The van der Waals surface area contributed by atoms with Gasteiger partial charge in [0.1, 0.15) is 0 Å². The van der Waals surface area contributed by atoms with E-state index in [0.717, 1.165) is 16.8 Å². The van der Waals surface area contributed by atoms with Crippen LogP contribution < -0.4 is 11.5 Å². The molecule has 1 aromatic rings. The number of aliphatic hydroxyl groups is 1. The predicted octanol–water partition coefficient (Wildman–Crippen LogP) is 0.569. The molecule has 0 heterocycles. The lowest BCUT2D eigenvalue weighted by atomic mass is 10.0. The zero-order valence-electron chi connectivity index (χ0n) is 7.12. The molecule has 12 heavy (non-hydrogen) atoms. The van der Waals surface area contributed by atoms with Crippen molar-refractivity contribution in [2.45, 2.75) is 13.0 Å². The van der Waals surface area contributed by atoms with Crippen molar-refractivity contribution in [2.24, 2.45) is 5.73 Å². The summed E-state index contributed by atoms with van der Waals surface area (Å²) >= 11 is 0. The van der Waals surface area contributed by atoms with E-state index in [9.17, 15) is 0 Å². The van der Waals surface area contributed by atoms with Gasteiger partial charge in [0.2, 0.25) is 0 Å². The van der Waals surface area contributed by atoms with Crippen molar-refractivity contribution in [2.75, 3.05) is 12.3 Å². The third-order valence-corrected chi connectivity index (χ3v) is 1.92. The van der Waals surface area contributed by atoms with E-state index in [1.165, 1.54) is 0 Å². The van der Waals surface area contributed by atoms with Crippen molar-refractivity contribution in [3.63, 3.8) is 0 Å². The second kappa shape index (κ2) is 3.56. The number of benzene rings is 1. The Kier molecular flexibility index (Phi) is 2.68. The maximum absolute atomic E-state index is 8.79. The molecule has 0 bridgehead atoms. The van der Waals surface area contributed by atoms with Gasteiger partial charge in [-0.15, -0.1) is 0 Å². The lowest BCUT2D eigenvalue weighted by molar-refractivity contribution is 0.268. The van der Waals surface area contributed by atoms with E-state index < -0.39 is 0 Å². The standard InChI is InChI=1S/C9H14N2O/c1-6-4-7(9(11)5-12)2-3-8(6)10/h2-4,9,12H,5,10-11H2,1H3/t9-/m0/s1. The summed E-state index contributed by atoms with van der Waals surface area (Å²) < 4.78 is 0. The number of hydrogen-bond acceptors (Lipinski definition) is 3. The average molecular weight is 166 g/mol. The first-order valence-electron chi connectivity index (χ1n) is 3.87. The van der Waals surface area contributed by atoms with Gasteiger partial charge < -0.3 is 16.6 Å². The maximum Gasteiger partial charge on any atom is 0.0624 e. The Bertz CT molecular complexity index is 273. The zero-order valence-corrected chi connectivity index (χ0v) is 7.12. The van der Waals surface area contributed by atoms with Crippen LogP contribution in [0.25, 0.3) is 0 Å². The molecule has 1 atom stereocenters. The van der Waals surface area contributed by atoms with Gasteiger partial charge in [0.25, 0.3) is 0 Å². The molecule has 0 saturated heterocycles. The van der Waals surface area contributed by atoms with Crippen molar-refractivity contribution in [1.82, 2.24) is 0 Å². The molecule has 0 aliphatic rings. The van der Waals surface area contributed by atoms with Gasteiger partial charge in [-0.25, -0.2) is 0 Å². The fraction of sp³-hybridized carbons (Fsp3) is 0.333. The predicted molar refractivity (Wildman–Crippen MR) is 49.6 cm³/mol. The van der Waals surface area contributed by atoms with Gasteiger partial charge in [-0.1, -0.05) is 12.1 Å². The van der Waals surface area contributed by atoms with Crippen LogP contribution in [0.15, 0.2) is 18.2 Å². The Morgan fingerprint density at radius 3 is 2.67 bits per heavy atom. The fourth-order valence-electron chi connectivity index (χ4n) is 1.03. The molecule has 0 fully saturated rings. The van der Waals surface area contributed by atoms with Gasteiger partial charge in [0, 0.05) is 5.69 Å². The van der Waals surface area contributed by atoms with Crippen molar-refractivity contribution in [3.05, 3.63) is 29.3 Å². The average Bonchev–Trinajstić information content (AvgIpc) is 2.08. The zero-order chi connectivity index (χ0) is 9.14. The minimum absolute atomic E-state index is 0.0383. The molecule has 5 N–H and O–H groups in total. The number of aryl methyl sites for hydroxylation is 1. The second-order valence-corrected chi connectivity index (χ2v) is 2.91. The molecule has 0 saturated carbocycles. The van der Waals surface area contributed by atoms with Crippen LogP contribution in [0.2, 0.25) is 0 Å². The third kappa shape index (κ3) is 1.75. The normalized spacial score (nSPS) is 12.9. The van der Waals surface area contributed by atoms with Gasteiger partial charge in [-0.05, 0) is 24.1 Å². The number of hydrogen-bond donors (Lipinski definition) is 3. The molecule has 0 aliphatic carbocycles. The van der Waals surface area contributed by atoms with Gasteiger partial charge in [-0.2, -0.15) is 0 Å². The van der Waals surface area contributed by atoms with Gasteiger partial charge >= 0.3 is 0 Å². The van der Waals surface area contributed by atoms with Gasteiger partial charge in [0.15, 0.2) is 0 Å². The van der Waals surface area contributed by atoms with Crippen LogP contribution in [0.3, 0.4) is 0 Å². The molecule has 1 aromatic carbocycles. The van der Waals surface area contributed by atoms with E-state index in [2.05, 4.69) is 0 Å². The van der Waals surface area contributed by atoms with Crippen LogP contribution in [-0.2, 0) is 0 Å². The molecule has 3 nitrogen and oxygen atoms in total. The highest BCUT2D eigenvalue weighted by Crippen LogP contribution is 2.16. The lowest BCUT2D eigenvalue weighted by Crippen LogP contribution is -2.14. The molecule has 66 valence electrons. The molecular weight excluding hydrogens is 152 g/mol. The number of rotatable bonds is 2. The summed E-state index contributed by atoms with van der Waals surface area (Å²) in [6.07, 6.45) is 0. The van der Waals surface area contributed by atoms with E-state index in [1.54, 1.807) is 6.07 Å². The van der Waals surface area contributed by atoms with E-state index in [4.69, 9.17) is 16.6 Å². The van der Waals surface area contributed by atoms with E-state index in [0.29, 0.717) is 0 Å². The molecule has 0 spiro atoms. The third-order valence-electron chi connectivity index (χ3n) is 1.92. The molecule has 0 aromatic heterocycles. The summed E-state index contributed by atoms with van der Waals surface area (Å²) in [5.41, 5.74) is 13.9. The summed E-state index contributed by atoms with van der Waals surface area (Å²) in [6, 6.07) is 5.24. The minimum Gasteiger partial charge on any atom is -0.399 e. The van der Waals surface area contributed by atoms with E-state index in [-0.39, 0.29) is 12.6 Å². The van der Waals surface area contributed by atoms with Gasteiger partial charge in [-0.3, -0.25) is 0 Å². The Balaban J connectivity index is 2.96. The lowest BCUT2D eigenvalue weighted by Gasteiger charge is -2.09. The first-order valence-corrected chi connectivity index (χ1v) is 3.87. The maximum atomic E-state index is 8.79. The molecule has 1 rings (SSSR count). The Hall–Kier alpha value is -1.06. The summed E-state index contributed by atoms with van der Waals surface area (Å²) in [5.74, 6) is 0. The molecule has 0 radical (unpaired) electrons. The van der Waals surface area contributed by atoms with Crippen LogP contribution in [0, 0.1) is 6.92 Å². The highest BCUT2D eigenvalue weighted by atomic mass is 16.3. The molecule has 0 amide bonds. The first-order chi connectivity index (χ1) is 5.65. The smallest absolute Gasteiger partial charge is 0.0624 e. The molecule has 0 unspecified atom stereocenters. The molecule has 0 aliphatic heterocycles. The highest BCUT2D eigenvalue weighted by Gasteiger charge is 2.04. The van der Waals surface area contributed by atoms with Crippen LogP contribution >= 0.6 is 0 Å². The van der Waals surface area contributed by atoms with Crippen LogP contribution in [0.1, 0.15) is 17.2 Å². The van der Waals surface area contributed by atoms with Crippen molar-refractivity contribution >= 4 is 5.69 Å². The highest BCUT2D eigenvalue weighted by molar-refractivity contribution is 5.48. The van der Waals surface area contributed by atoms with E-state index in [1.807, 2.05) is 19.1 Å². The summed E-state index contributed by atoms with van der Waals surface area (Å²) in [6.45, 7) is 1.88. The number of aliphatic hydroxyl groups excluding tert-OH is 1. The monoisotopic (exact) mass is 166 g/mol.